The maximum Gasteiger partial charge on any atom is 0.236 e. The Hall–Kier alpha value is -0.610. The maximum absolute atomic E-state index is 12.5. The molecule has 0 saturated carbocycles. The van der Waals surface area contributed by atoms with Crippen molar-refractivity contribution < 1.29 is 9.53 Å². The van der Waals surface area contributed by atoms with Crippen molar-refractivity contribution in [3.05, 3.63) is 0 Å². The van der Waals surface area contributed by atoms with Crippen molar-refractivity contribution in [3.8, 4) is 0 Å². The van der Waals surface area contributed by atoms with E-state index in [-0.39, 0.29) is 5.91 Å². The van der Waals surface area contributed by atoms with Crippen LogP contribution >= 0.6 is 0 Å². The zero-order valence-corrected chi connectivity index (χ0v) is 13.9. The van der Waals surface area contributed by atoms with Gasteiger partial charge in [0.15, 0.2) is 0 Å². The van der Waals surface area contributed by atoms with Crippen LogP contribution in [0.2, 0.25) is 0 Å². The number of nitrogens with zero attached hydrogens (tertiary/aromatic N) is 2. The van der Waals surface area contributed by atoms with Crippen LogP contribution in [0.25, 0.3) is 0 Å². The zero-order chi connectivity index (χ0) is 15.1. The van der Waals surface area contributed by atoms with Gasteiger partial charge in [0, 0.05) is 33.3 Å². The molecule has 0 aromatic carbocycles. The predicted octanol–water partition coefficient (Wildman–Crippen LogP) is 2.24. The van der Waals surface area contributed by atoms with E-state index in [1.54, 1.807) is 7.11 Å². The van der Waals surface area contributed by atoms with E-state index < -0.39 is 0 Å². The van der Waals surface area contributed by atoms with Crippen molar-refractivity contribution >= 4 is 5.91 Å². The first kappa shape index (κ1) is 17.4. The van der Waals surface area contributed by atoms with Gasteiger partial charge in [-0.05, 0) is 24.7 Å². The Morgan fingerprint density at radius 1 is 1.15 bits per heavy atom. The van der Waals surface area contributed by atoms with Crippen LogP contribution in [0.1, 0.15) is 40.5 Å². The number of ether oxygens (including phenoxy) is 1. The normalized spacial score (nSPS) is 17.9. The first-order valence-corrected chi connectivity index (χ1v) is 7.95. The summed E-state index contributed by atoms with van der Waals surface area (Å²) in [6.45, 7) is 12.9. The van der Waals surface area contributed by atoms with Crippen molar-refractivity contribution in [1.29, 1.82) is 0 Å². The highest BCUT2D eigenvalue weighted by atomic mass is 16.5. The van der Waals surface area contributed by atoms with Crippen molar-refractivity contribution in [2.75, 3.05) is 39.8 Å². The van der Waals surface area contributed by atoms with Gasteiger partial charge in [0.2, 0.25) is 5.91 Å². The molecule has 4 heteroatoms. The van der Waals surface area contributed by atoms with Crippen LogP contribution in [0, 0.1) is 11.8 Å². The summed E-state index contributed by atoms with van der Waals surface area (Å²) in [6.07, 6.45) is 2.46. The van der Waals surface area contributed by atoms with Crippen LogP contribution in [-0.2, 0) is 9.53 Å². The van der Waals surface area contributed by atoms with Crippen LogP contribution in [0.5, 0.6) is 0 Å². The lowest BCUT2D eigenvalue weighted by atomic mass is 10.1. The number of methoxy groups -OCH3 is 1. The molecule has 1 saturated heterocycles. The molecule has 1 amide bonds. The summed E-state index contributed by atoms with van der Waals surface area (Å²) in [7, 11) is 1.78. The molecule has 0 unspecified atom stereocenters. The van der Waals surface area contributed by atoms with Crippen molar-refractivity contribution in [2.24, 2.45) is 11.8 Å². The Morgan fingerprint density at radius 2 is 1.65 bits per heavy atom. The fraction of sp³-hybridized carbons (Fsp3) is 0.938. The number of piperidine rings is 1. The molecule has 0 atom stereocenters. The van der Waals surface area contributed by atoms with Crippen LogP contribution in [-0.4, -0.2) is 61.6 Å². The number of carbonyl (C=O) groups excluding carboxylic acids is 1. The van der Waals surface area contributed by atoms with E-state index in [1.165, 1.54) is 0 Å². The van der Waals surface area contributed by atoms with Gasteiger partial charge in [0.05, 0.1) is 12.6 Å². The molecule has 0 bridgehead atoms. The molecule has 118 valence electrons. The highest BCUT2D eigenvalue weighted by Gasteiger charge is 2.23. The Bertz CT molecular complexity index is 274. The van der Waals surface area contributed by atoms with E-state index in [4.69, 9.17) is 4.74 Å². The molecule has 4 nitrogen and oxygen atoms in total. The van der Waals surface area contributed by atoms with Gasteiger partial charge in [0.25, 0.3) is 0 Å². The standard InChI is InChI=1S/C16H32N2O2/c1-13(2)10-18(11-14(3)4)16(19)12-17-8-6-15(20-5)7-9-17/h13-15H,6-12H2,1-5H3. The fourth-order valence-corrected chi connectivity index (χ4v) is 2.75. The second kappa shape index (κ2) is 8.63. The summed E-state index contributed by atoms with van der Waals surface area (Å²) in [4.78, 5) is 16.8. The Balaban J connectivity index is 2.45. The number of hydrogen-bond acceptors (Lipinski definition) is 3. The highest BCUT2D eigenvalue weighted by molar-refractivity contribution is 5.78. The Kier molecular flexibility index (Phi) is 7.52. The monoisotopic (exact) mass is 284 g/mol. The smallest absolute Gasteiger partial charge is 0.236 e. The topological polar surface area (TPSA) is 32.8 Å². The molecule has 1 heterocycles. The third-order valence-electron chi connectivity index (χ3n) is 3.75. The molecule has 0 aromatic rings. The molecule has 0 radical (unpaired) electrons. The lowest BCUT2D eigenvalue weighted by Gasteiger charge is -2.33. The van der Waals surface area contributed by atoms with Crippen LogP contribution < -0.4 is 0 Å². The molecular weight excluding hydrogens is 252 g/mol. The molecule has 0 spiro atoms. The lowest BCUT2D eigenvalue weighted by Crippen LogP contribution is -2.46. The summed E-state index contributed by atoms with van der Waals surface area (Å²) < 4.78 is 5.38. The molecule has 1 fully saturated rings. The summed E-state index contributed by atoms with van der Waals surface area (Å²) in [5.41, 5.74) is 0. The van der Waals surface area contributed by atoms with Gasteiger partial charge in [0.1, 0.15) is 0 Å². The van der Waals surface area contributed by atoms with E-state index >= 15 is 0 Å². The minimum atomic E-state index is 0.281. The van der Waals surface area contributed by atoms with E-state index in [1.807, 2.05) is 4.90 Å². The highest BCUT2D eigenvalue weighted by Crippen LogP contribution is 2.13. The Labute approximate surface area is 124 Å². The quantitative estimate of drug-likeness (QED) is 0.719. The summed E-state index contributed by atoms with van der Waals surface area (Å²) in [5, 5.41) is 0. The SMILES string of the molecule is COC1CCN(CC(=O)N(CC(C)C)CC(C)C)CC1. The first-order chi connectivity index (χ1) is 9.42. The summed E-state index contributed by atoms with van der Waals surface area (Å²) in [6, 6.07) is 0. The molecule has 1 aliphatic rings. The van der Waals surface area contributed by atoms with Crippen LogP contribution in [0.4, 0.5) is 0 Å². The van der Waals surface area contributed by atoms with Crippen molar-refractivity contribution in [3.63, 3.8) is 0 Å². The molecule has 1 rings (SSSR count). The first-order valence-electron chi connectivity index (χ1n) is 7.95. The van der Waals surface area contributed by atoms with Crippen LogP contribution in [0.3, 0.4) is 0 Å². The van der Waals surface area contributed by atoms with Gasteiger partial charge in [-0.25, -0.2) is 0 Å². The van der Waals surface area contributed by atoms with Gasteiger partial charge in [-0.2, -0.15) is 0 Å². The Morgan fingerprint density at radius 3 is 2.05 bits per heavy atom. The maximum atomic E-state index is 12.5. The van der Waals surface area contributed by atoms with Crippen molar-refractivity contribution in [2.45, 2.75) is 46.6 Å². The van der Waals surface area contributed by atoms with Crippen molar-refractivity contribution in [1.82, 2.24) is 9.80 Å². The number of hydrogen-bond donors (Lipinski definition) is 0. The molecule has 1 aliphatic heterocycles. The summed E-state index contributed by atoms with van der Waals surface area (Å²) >= 11 is 0. The fourth-order valence-electron chi connectivity index (χ4n) is 2.75. The third kappa shape index (κ3) is 6.23. The van der Waals surface area contributed by atoms with E-state index in [0.717, 1.165) is 39.0 Å². The van der Waals surface area contributed by atoms with Gasteiger partial charge < -0.3 is 9.64 Å². The minimum Gasteiger partial charge on any atom is -0.381 e. The second-order valence-corrected chi connectivity index (χ2v) is 6.80. The second-order valence-electron chi connectivity index (χ2n) is 6.80. The van der Waals surface area contributed by atoms with E-state index in [0.29, 0.717) is 24.5 Å². The number of rotatable bonds is 7. The predicted molar refractivity (Wildman–Crippen MR) is 82.7 cm³/mol. The summed E-state index contributed by atoms with van der Waals surface area (Å²) in [5.74, 6) is 1.33. The largest absolute Gasteiger partial charge is 0.381 e. The van der Waals surface area contributed by atoms with Crippen LogP contribution in [0.15, 0.2) is 0 Å². The molecule has 0 N–H and O–H groups in total. The average Bonchev–Trinajstić information content (AvgIpc) is 2.37. The van der Waals surface area contributed by atoms with E-state index in [2.05, 4.69) is 32.6 Å². The molecule has 0 aliphatic carbocycles. The molecular formula is C16H32N2O2. The number of amides is 1. The molecule has 20 heavy (non-hydrogen) atoms. The van der Waals surface area contributed by atoms with Gasteiger partial charge >= 0.3 is 0 Å². The van der Waals surface area contributed by atoms with E-state index in [9.17, 15) is 4.79 Å². The van der Waals surface area contributed by atoms with Gasteiger partial charge in [-0.1, -0.05) is 27.7 Å². The molecule has 0 aromatic heterocycles. The average molecular weight is 284 g/mol. The van der Waals surface area contributed by atoms with Gasteiger partial charge in [-0.3, -0.25) is 9.69 Å². The lowest BCUT2D eigenvalue weighted by molar-refractivity contribution is -0.134. The third-order valence-corrected chi connectivity index (χ3v) is 3.75. The minimum absolute atomic E-state index is 0.281. The number of likely N-dealkylation sites (tertiary alicyclic amines) is 1. The van der Waals surface area contributed by atoms with Gasteiger partial charge in [-0.15, -0.1) is 0 Å². The zero-order valence-electron chi connectivity index (χ0n) is 13.9. The number of carbonyl (C=O) groups is 1.